The second-order valence-electron chi connectivity index (χ2n) is 5.29. The van der Waals surface area contributed by atoms with E-state index in [-0.39, 0.29) is 11.3 Å². The van der Waals surface area contributed by atoms with Crippen molar-refractivity contribution in [3.63, 3.8) is 0 Å². The number of unbranched alkanes of at least 4 members (excludes halogenated alkanes) is 2. The van der Waals surface area contributed by atoms with Gasteiger partial charge in [-0.15, -0.1) is 0 Å². The van der Waals surface area contributed by atoms with Crippen LogP contribution in [0.3, 0.4) is 0 Å². The Morgan fingerprint density at radius 2 is 1.94 bits per heavy atom. The third-order valence-corrected chi connectivity index (χ3v) is 2.83. The lowest BCUT2D eigenvalue weighted by Crippen LogP contribution is -2.34. The first-order valence-corrected chi connectivity index (χ1v) is 6.48. The Morgan fingerprint density at radius 3 is 2.50 bits per heavy atom. The number of rotatable bonds is 9. The molecule has 0 spiro atoms. The molecule has 0 rings (SSSR count). The summed E-state index contributed by atoms with van der Waals surface area (Å²) in [5, 5.41) is 3.01. The van der Waals surface area contributed by atoms with E-state index in [1.54, 1.807) is 0 Å². The molecule has 0 bridgehead atoms. The van der Waals surface area contributed by atoms with Crippen molar-refractivity contribution in [2.45, 2.75) is 59.3 Å². The zero-order chi connectivity index (χ0) is 12.4. The average molecular weight is 228 g/mol. The highest BCUT2D eigenvalue weighted by Gasteiger charge is 2.17. The molecule has 0 fully saturated rings. The highest BCUT2D eigenvalue weighted by molar-refractivity contribution is 5.75. The van der Waals surface area contributed by atoms with Gasteiger partial charge in [-0.25, -0.2) is 0 Å². The Balaban J connectivity index is 3.64. The summed E-state index contributed by atoms with van der Waals surface area (Å²) in [7, 11) is 0. The summed E-state index contributed by atoms with van der Waals surface area (Å²) in [5.74, 6) is 0.189. The lowest BCUT2D eigenvalue weighted by molar-refractivity contribution is -0.121. The van der Waals surface area contributed by atoms with Crippen LogP contribution in [0, 0.1) is 5.41 Å². The molecular formula is C13H28N2O. The van der Waals surface area contributed by atoms with E-state index < -0.39 is 0 Å². The largest absolute Gasteiger partial charge is 0.356 e. The zero-order valence-corrected chi connectivity index (χ0v) is 11.1. The van der Waals surface area contributed by atoms with Crippen molar-refractivity contribution in [2.75, 3.05) is 13.1 Å². The fourth-order valence-corrected chi connectivity index (χ4v) is 1.63. The first-order chi connectivity index (χ1) is 7.52. The molecule has 0 aromatic rings. The first-order valence-electron chi connectivity index (χ1n) is 6.48. The third-order valence-electron chi connectivity index (χ3n) is 2.83. The van der Waals surface area contributed by atoms with Gasteiger partial charge in [0, 0.05) is 13.0 Å². The van der Waals surface area contributed by atoms with Crippen LogP contribution in [-0.4, -0.2) is 19.0 Å². The maximum absolute atomic E-state index is 11.5. The number of nitrogens with one attached hydrogen (secondary N) is 1. The van der Waals surface area contributed by atoms with Gasteiger partial charge in [-0.05, 0) is 31.2 Å². The Labute approximate surface area is 100 Å². The Morgan fingerprint density at radius 1 is 1.25 bits per heavy atom. The maximum Gasteiger partial charge on any atom is 0.220 e. The highest BCUT2D eigenvalue weighted by Crippen LogP contribution is 2.20. The van der Waals surface area contributed by atoms with Gasteiger partial charge in [0.2, 0.25) is 5.91 Å². The molecule has 16 heavy (non-hydrogen) atoms. The van der Waals surface area contributed by atoms with Crippen LogP contribution in [0.5, 0.6) is 0 Å². The normalized spacial score (nSPS) is 11.5. The van der Waals surface area contributed by atoms with Crippen LogP contribution < -0.4 is 11.1 Å². The van der Waals surface area contributed by atoms with E-state index in [2.05, 4.69) is 26.1 Å². The van der Waals surface area contributed by atoms with Crippen LogP contribution in [0.1, 0.15) is 59.3 Å². The molecule has 1 amide bonds. The molecule has 0 saturated heterocycles. The van der Waals surface area contributed by atoms with E-state index in [0.717, 1.165) is 45.2 Å². The number of hydrogen-bond acceptors (Lipinski definition) is 2. The van der Waals surface area contributed by atoms with Crippen LogP contribution in [0.25, 0.3) is 0 Å². The third kappa shape index (κ3) is 8.72. The van der Waals surface area contributed by atoms with Gasteiger partial charge >= 0.3 is 0 Å². The van der Waals surface area contributed by atoms with Crippen LogP contribution in [0.4, 0.5) is 0 Å². The van der Waals surface area contributed by atoms with Crippen molar-refractivity contribution in [1.29, 1.82) is 0 Å². The van der Waals surface area contributed by atoms with E-state index in [4.69, 9.17) is 5.73 Å². The van der Waals surface area contributed by atoms with Crippen molar-refractivity contribution in [3.05, 3.63) is 0 Å². The van der Waals surface area contributed by atoms with Crippen LogP contribution in [-0.2, 0) is 4.79 Å². The molecule has 0 aromatic heterocycles. The Bertz CT molecular complexity index is 190. The van der Waals surface area contributed by atoms with Gasteiger partial charge in [0.25, 0.3) is 0 Å². The first kappa shape index (κ1) is 15.4. The van der Waals surface area contributed by atoms with E-state index in [1.807, 2.05) is 0 Å². The second kappa shape index (κ2) is 8.57. The molecule has 0 atom stereocenters. The van der Waals surface area contributed by atoms with Crippen molar-refractivity contribution in [1.82, 2.24) is 5.32 Å². The molecule has 0 radical (unpaired) electrons. The molecule has 0 aromatic carbocycles. The number of nitrogens with two attached hydrogens (primary N) is 1. The molecule has 0 aliphatic rings. The van der Waals surface area contributed by atoms with Crippen LogP contribution in [0.2, 0.25) is 0 Å². The summed E-state index contributed by atoms with van der Waals surface area (Å²) in [6.07, 6.45) is 6.07. The summed E-state index contributed by atoms with van der Waals surface area (Å²) < 4.78 is 0. The molecular weight excluding hydrogens is 200 g/mol. The molecule has 0 heterocycles. The van der Waals surface area contributed by atoms with E-state index in [9.17, 15) is 4.79 Å². The van der Waals surface area contributed by atoms with Crippen molar-refractivity contribution in [2.24, 2.45) is 11.1 Å². The number of hydrogen-bond donors (Lipinski definition) is 2. The van der Waals surface area contributed by atoms with Crippen LogP contribution in [0.15, 0.2) is 0 Å². The zero-order valence-electron chi connectivity index (χ0n) is 11.1. The fraction of sp³-hybridized carbons (Fsp3) is 0.923. The van der Waals surface area contributed by atoms with Gasteiger partial charge < -0.3 is 11.1 Å². The fourth-order valence-electron chi connectivity index (χ4n) is 1.63. The van der Waals surface area contributed by atoms with Crippen molar-refractivity contribution < 1.29 is 4.79 Å². The summed E-state index contributed by atoms with van der Waals surface area (Å²) in [6, 6.07) is 0. The molecule has 96 valence electrons. The van der Waals surface area contributed by atoms with Gasteiger partial charge in [0.15, 0.2) is 0 Å². The minimum absolute atomic E-state index is 0.166. The quantitative estimate of drug-likeness (QED) is 0.596. The molecule has 3 nitrogen and oxygen atoms in total. The van der Waals surface area contributed by atoms with Gasteiger partial charge in [-0.2, -0.15) is 0 Å². The van der Waals surface area contributed by atoms with Gasteiger partial charge in [0.05, 0.1) is 0 Å². The molecule has 3 N–H and O–H groups in total. The molecule has 3 heteroatoms. The van der Waals surface area contributed by atoms with Gasteiger partial charge in [-0.3, -0.25) is 4.79 Å². The standard InChI is InChI=1S/C13H28N2O/c1-4-5-6-8-12(16)15-11-13(2,3)9-7-10-14/h4-11,14H2,1-3H3,(H,15,16). The van der Waals surface area contributed by atoms with E-state index in [0.29, 0.717) is 6.42 Å². The monoisotopic (exact) mass is 228 g/mol. The molecule has 0 aliphatic heterocycles. The number of carbonyl (C=O) groups excluding carboxylic acids is 1. The highest BCUT2D eigenvalue weighted by atomic mass is 16.1. The summed E-state index contributed by atoms with van der Waals surface area (Å²) in [4.78, 5) is 11.5. The SMILES string of the molecule is CCCCCC(=O)NCC(C)(C)CCCN. The Hall–Kier alpha value is -0.570. The van der Waals surface area contributed by atoms with Crippen molar-refractivity contribution >= 4 is 5.91 Å². The summed E-state index contributed by atoms with van der Waals surface area (Å²) in [5.41, 5.74) is 5.65. The van der Waals surface area contributed by atoms with E-state index >= 15 is 0 Å². The minimum atomic E-state index is 0.166. The number of carbonyl (C=O) groups is 1. The maximum atomic E-state index is 11.5. The van der Waals surface area contributed by atoms with Crippen molar-refractivity contribution in [3.8, 4) is 0 Å². The lowest BCUT2D eigenvalue weighted by atomic mass is 9.87. The Kier molecular flexibility index (Phi) is 8.26. The van der Waals surface area contributed by atoms with E-state index in [1.165, 1.54) is 0 Å². The predicted octanol–water partition coefficient (Wildman–Crippen LogP) is 2.45. The smallest absolute Gasteiger partial charge is 0.220 e. The average Bonchev–Trinajstić information content (AvgIpc) is 2.24. The van der Waals surface area contributed by atoms with Gasteiger partial charge in [-0.1, -0.05) is 33.6 Å². The minimum Gasteiger partial charge on any atom is -0.356 e. The number of amides is 1. The molecule has 0 aliphatic carbocycles. The lowest BCUT2D eigenvalue weighted by Gasteiger charge is -2.24. The molecule has 0 saturated carbocycles. The van der Waals surface area contributed by atoms with Crippen LogP contribution >= 0.6 is 0 Å². The summed E-state index contributed by atoms with van der Waals surface area (Å²) in [6.45, 7) is 7.99. The summed E-state index contributed by atoms with van der Waals surface area (Å²) >= 11 is 0. The van der Waals surface area contributed by atoms with Gasteiger partial charge in [0.1, 0.15) is 0 Å². The topological polar surface area (TPSA) is 55.1 Å². The second-order valence-corrected chi connectivity index (χ2v) is 5.29. The molecule has 0 unspecified atom stereocenters. The predicted molar refractivity (Wildman–Crippen MR) is 69.2 cm³/mol.